The molecule has 0 radical (unpaired) electrons. The van der Waals surface area contributed by atoms with Crippen molar-refractivity contribution in [1.29, 1.82) is 0 Å². The Balaban J connectivity index is 1.81. The Bertz CT molecular complexity index is 574. The molecular formula is C15H20IN3O4. The number of phenolic OH excluding ortho intramolecular Hbond substituents is 1. The van der Waals surface area contributed by atoms with E-state index in [0.717, 1.165) is 31.9 Å². The van der Waals surface area contributed by atoms with Crippen LogP contribution in [0, 0.1) is 3.57 Å². The third kappa shape index (κ3) is 5.63. The second kappa shape index (κ2) is 9.04. The lowest BCUT2D eigenvalue weighted by molar-refractivity contribution is -0.121. The Morgan fingerprint density at radius 2 is 2.26 bits per heavy atom. The van der Waals surface area contributed by atoms with Crippen LogP contribution in [0.5, 0.6) is 11.5 Å². The highest BCUT2D eigenvalue weighted by Gasteiger charge is 2.11. The van der Waals surface area contributed by atoms with Crippen molar-refractivity contribution in [3.8, 4) is 11.5 Å². The molecule has 1 aliphatic rings. The molecule has 126 valence electrons. The molecule has 1 fully saturated rings. The normalized spacial score (nSPS) is 15.7. The highest BCUT2D eigenvalue weighted by Crippen LogP contribution is 2.31. The predicted molar refractivity (Wildman–Crippen MR) is 95.0 cm³/mol. The van der Waals surface area contributed by atoms with Crippen molar-refractivity contribution in [1.82, 2.24) is 10.3 Å². The molecule has 2 N–H and O–H groups in total. The number of rotatable bonds is 6. The molecule has 0 unspecified atom stereocenters. The van der Waals surface area contributed by atoms with Gasteiger partial charge in [0.2, 0.25) is 5.91 Å². The summed E-state index contributed by atoms with van der Waals surface area (Å²) < 4.78 is 11.0. The SMILES string of the molecule is COc1cc(C=NNC(=O)CCN2CCOCC2)cc(I)c1O. The topological polar surface area (TPSA) is 83.4 Å². The van der Waals surface area contributed by atoms with Gasteiger partial charge in [-0.3, -0.25) is 9.69 Å². The molecule has 0 aliphatic carbocycles. The number of morpholine rings is 1. The molecule has 0 aromatic heterocycles. The van der Waals surface area contributed by atoms with Gasteiger partial charge in [-0.2, -0.15) is 5.10 Å². The number of benzene rings is 1. The summed E-state index contributed by atoms with van der Waals surface area (Å²) in [6, 6.07) is 3.41. The predicted octanol–water partition coefficient (Wildman–Crippen LogP) is 1.18. The van der Waals surface area contributed by atoms with E-state index < -0.39 is 0 Å². The number of amides is 1. The second-order valence-electron chi connectivity index (χ2n) is 5.05. The van der Waals surface area contributed by atoms with Crippen LogP contribution in [0.2, 0.25) is 0 Å². The molecule has 2 rings (SSSR count). The summed E-state index contributed by atoms with van der Waals surface area (Å²) in [4.78, 5) is 14.0. The van der Waals surface area contributed by atoms with E-state index in [4.69, 9.17) is 9.47 Å². The highest BCUT2D eigenvalue weighted by molar-refractivity contribution is 14.1. The summed E-state index contributed by atoms with van der Waals surface area (Å²) in [5.41, 5.74) is 3.24. The maximum atomic E-state index is 11.8. The lowest BCUT2D eigenvalue weighted by Gasteiger charge is -2.25. The first-order valence-corrected chi connectivity index (χ1v) is 8.36. The molecule has 0 bridgehead atoms. The summed E-state index contributed by atoms with van der Waals surface area (Å²) in [7, 11) is 1.49. The molecule has 8 heteroatoms. The molecule has 1 aliphatic heterocycles. The van der Waals surface area contributed by atoms with Gasteiger partial charge < -0.3 is 14.6 Å². The number of ether oxygens (including phenoxy) is 2. The number of nitrogens with zero attached hydrogens (tertiary/aromatic N) is 2. The van der Waals surface area contributed by atoms with E-state index in [0.29, 0.717) is 22.3 Å². The number of nitrogens with one attached hydrogen (secondary N) is 1. The van der Waals surface area contributed by atoms with Crippen molar-refractivity contribution in [3.63, 3.8) is 0 Å². The van der Waals surface area contributed by atoms with Gasteiger partial charge in [0.15, 0.2) is 11.5 Å². The monoisotopic (exact) mass is 433 g/mol. The van der Waals surface area contributed by atoms with E-state index in [2.05, 4.69) is 15.4 Å². The average molecular weight is 433 g/mol. The van der Waals surface area contributed by atoms with Crippen molar-refractivity contribution in [2.24, 2.45) is 5.10 Å². The Morgan fingerprint density at radius 1 is 1.52 bits per heavy atom. The van der Waals surface area contributed by atoms with Crippen LogP contribution in [0.4, 0.5) is 0 Å². The van der Waals surface area contributed by atoms with Gasteiger partial charge >= 0.3 is 0 Å². The van der Waals surface area contributed by atoms with Gasteiger partial charge in [-0.25, -0.2) is 5.43 Å². The van der Waals surface area contributed by atoms with Crippen LogP contribution in [0.3, 0.4) is 0 Å². The smallest absolute Gasteiger partial charge is 0.241 e. The zero-order valence-corrected chi connectivity index (χ0v) is 15.1. The van der Waals surface area contributed by atoms with Gasteiger partial charge in [-0.1, -0.05) is 0 Å². The van der Waals surface area contributed by atoms with Crippen LogP contribution in [0.1, 0.15) is 12.0 Å². The van der Waals surface area contributed by atoms with E-state index in [-0.39, 0.29) is 11.7 Å². The Morgan fingerprint density at radius 3 is 2.96 bits per heavy atom. The zero-order chi connectivity index (χ0) is 16.7. The van der Waals surface area contributed by atoms with Gasteiger partial charge in [0.1, 0.15) is 0 Å². The fourth-order valence-electron chi connectivity index (χ4n) is 2.14. The van der Waals surface area contributed by atoms with Crippen molar-refractivity contribution >= 4 is 34.7 Å². The van der Waals surface area contributed by atoms with Crippen LogP contribution in [0.25, 0.3) is 0 Å². The van der Waals surface area contributed by atoms with Crippen LogP contribution >= 0.6 is 22.6 Å². The summed E-state index contributed by atoms with van der Waals surface area (Å²) in [6.07, 6.45) is 1.92. The van der Waals surface area contributed by atoms with Gasteiger partial charge in [0, 0.05) is 26.1 Å². The third-order valence-electron chi connectivity index (χ3n) is 3.43. The molecule has 1 amide bonds. The van der Waals surface area contributed by atoms with E-state index >= 15 is 0 Å². The first-order valence-electron chi connectivity index (χ1n) is 7.28. The van der Waals surface area contributed by atoms with Crippen molar-refractivity contribution in [2.45, 2.75) is 6.42 Å². The van der Waals surface area contributed by atoms with Crippen LogP contribution < -0.4 is 10.2 Å². The largest absolute Gasteiger partial charge is 0.504 e. The average Bonchev–Trinajstić information content (AvgIpc) is 2.57. The Hall–Kier alpha value is -1.39. The minimum atomic E-state index is -0.131. The molecular weight excluding hydrogens is 413 g/mol. The van der Waals surface area contributed by atoms with Crippen LogP contribution in [0.15, 0.2) is 17.2 Å². The zero-order valence-electron chi connectivity index (χ0n) is 12.9. The summed E-state index contributed by atoms with van der Waals surface area (Å²) in [5, 5.41) is 13.7. The number of aromatic hydroxyl groups is 1. The fraction of sp³-hybridized carbons (Fsp3) is 0.467. The fourth-order valence-corrected chi connectivity index (χ4v) is 2.77. The number of phenols is 1. The van der Waals surface area contributed by atoms with Crippen LogP contribution in [-0.4, -0.2) is 62.1 Å². The standard InChI is InChI=1S/C15H20IN3O4/c1-22-13-9-11(8-12(16)15(13)21)10-17-18-14(20)2-3-19-4-6-23-7-5-19/h8-10,21H,2-7H2,1H3,(H,18,20). The second-order valence-corrected chi connectivity index (χ2v) is 6.21. The molecule has 0 saturated carbocycles. The lowest BCUT2D eigenvalue weighted by atomic mass is 10.2. The Kier molecular flexibility index (Phi) is 7.06. The first kappa shape index (κ1) is 18.0. The molecule has 23 heavy (non-hydrogen) atoms. The first-order chi connectivity index (χ1) is 11.1. The highest BCUT2D eigenvalue weighted by atomic mass is 127. The van der Waals surface area contributed by atoms with Crippen molar-refractivity contribution in [2.75, 3.05) is 40.0 Å². The van der Waals surface area contributed by atoms with E-state index in [1.165, 1.54) is 13.3 Å². The van der Waals surface area contributed by atoms with E-state index in [9.17, 15) is 9.90 Å². The molecule has 1 heterocycles. The van der Waals surface area contributed by atoms with Crippen molar-refractivity contribution < 1.29 is 19.4 Å². The van der Waals surface area contributed by atoms with Gasteiger partial charge in [0.25, 0.3) is 0 Å². The quantitative estimate of drug-likeness (QED) is 0.400. The maximum absolute atomic E-state index is 11.8. The maximum Gasteiger partial charge on any atom is 0.241 e. The molecule has 1 saturated heterocycles. The number of halogens is 1. The summed E-state index contributed by atoms with van der Waals surface area (Å²) in [5.74, 6) is 0.338. The number of carbonyl (C=O) groups excluding carboxylic acids is 1. The lowest BCUT2D eigenvalue weighted by Crippen LogP contribution is -2.38. The third-order valence-corrected chi connectivity index (χ3v) is 4.25. The Labute approximate surface area is 148 Å². The number of methoxy groups -OCH3 is 1. The van der Waals surface area contributed by atoms with E-state index in [1.54, 1.807) is 12.1 Å². The number of carbonyl (C=O) groups is 1. The minimum Gasteiger partial charge on any atom is -0.504 e. The van der Waals surface area contributed by atoms with Crippen molar-refractivity contribution in [3.05, 3.63) is 21.3 Å². The molecule has 1 aromatic rings. The van der Waals surface area contributed by atoms with Gasteiger partial charge in [0.05, 0.1) is 30.1 Å². The molecule has 7 nitrogen and oxygen atoms in total. The minimum absolute atomic E-state index is 0.0970. The van der Waals surface area contributed by atoms with Gasteiger partial charge in [-0.05, 0) is 40.3 Å². The molecule has 0 atom stereocenters. The summed E-state index contributed by atoms with van der Waals surface area (Å²) in [6.45, 7) is 3.88. The summed E-state index contributed by atoms with van der Waals surface area (Å²) >= 11 is 2.01. The van der Waals surface area contributed by atoms with Crippen LogP contribution in [-0.2, 0) is 9.53 Å². The van der Waals surface area contributed by atoms with Gasteiger partial charge in [-0.15, -0.1) is 0 Å². The molecule has 0 spiro atoms. The van der Waals surface area contributed by atoms with E-state index in [1.807, 2.05) is 22.6 Å². The number of hydrazone groups is 1. The number of hydrogen-bond donors (Lipinski definition) is 2. The number of hydrogen-bond acceptors (Lipinski definition) is 6. The molecule has 1 aromatic carbocycles.